The fourth-order valence-corrected chi connectivity index (χ4v) is 2.09. The summed E-state index contributed by atoms with van der Waals surface area (Å²) in [4.78, 5) is 44.0. The van der Waals surface area contributed by atoms with Gasteiger partial charge in [-0.3, -0.25) is 29.8 Å². The third-order valence-corrected chi connectivity index (χ3v) is 3.47. The lowest BCUT2D eigenvalue weighted by Crippen LogP contribution is -2.21. The second-order valence-corrected chi connectivity index (χ2v) is 5.62. The molecule has 0 saturated heterocycles. The van der Waals surface area contributed by atoms with Gasteiger partial charge in [-0.15, -0.1) is 0 Å². The third kappa shape index (κ3) is 5.69. The average molecular weight is 385 g/mol. The minimum Gasteiger partial charge on any atom is -0.326 e. The first-order valence-corrected chi connectivity index (χ1v) is 7.88. The molecular weight excluding hydrogens is 370 g/mol. The number of nitrogens with one attached hydrogen (secondary N) is 2. The molecule has 0 heterocycles. The number of hydrogen-bond donors (Lipinski definition) is 2. The first-order valence-electron chi connectivity index (χ1n) is 7.88. The molecule has 2 N–H and O–H groups in total. The number of non-ortho nitro benzene ring substituents is 2. The van der Waals surface area contributed by atoms with Gasteiger partial charge in [0.25, 0.3) is 17.3 Å². The predicted molar refractivity (Wildman–Crippen MR) is 100 cm³/mol. The van der Waals surface area contributed by atoms with Gasteiger partial charge in [-0.05, 0) is 31.2 Å². The van der Waals surface area contributed by atoms with Crippen LogP contribution in [-0.2, 0) is 4.79 Å². The van der Waals surface area contributed by atoms with Gasteiger partial charge < -0.3 is 5.32 Å². The van der Waals surface area contributed by atoms with Gasteiger partial charge in [-0.1, -0.05) is 0 Å². The summed E-state index contributed by atoms with van der Waals surface area (Å²) in [6.07, 6.45) is -0.114. The van der Waals surface area contributed by atoms with E-state index in [2.05, 4.69) is 15.8 Å². The molecule has 144 valence electrons. The monoisotopic (exact) mass is 385 g/mol. The highest BCUT2D eigenvalue weighted by Gasteiger charge is 2.10. The van der Waals surface area contributed by atoms with Crippen molar-refractivity contribution in [2.75, 3.05) is 5.32 Å². The van der Waals surface area contributed by atoms with Crippen molar-refractivity contribution in [3.63, 3.8) is 0 Å². The number of nitrogens with zero attached hydrogens (tertiary/aromatic N) is 3. The lowest BCUT2D eigenvalue weighted by molar-refractivity contribution is -0.385. The Kier molecular flexibility index (Phi) is 6.47. The van der Waals surface area contributed by atoms with E-state index in [-0.39, 0.29) is 23.4 Å². The average Bonchev–Trinajstić information content (AvgIpc) is 2.66. The van der Waals surface area contributed by atoms with Crippen LogP contribution in [0.3, 0.4) is 0 Å². The van der Waals surface area contributed by atoms with E-state index in [1.807, 2.05) is 0 Å². The topological polar surface area (TPSA) is 157 Å². The van der Waals surface area contributed by atoms with E-state index in [1.54, 1.807) is 0 Å². The molecule has 0 aliphatic carbocycles. The molecular formula is C17H15N5O6. The van der Waals surface area contributed by atoms with Crippen molar-refractivity contribution >= 4 is 34.6 Å². The molecule has 2 aromatic rings. The van der Waals surface area contributed by atoms with Crippen molar-refractivity contribution in [3.8, 4) is 0 Å². The SMILES string of the molecule is CC(CC(=O)Nc1ccc([N+](=O)[O-])cc1)=NNC(=O)c1ccc([N+](=O)[O-])cc1. The van der Waals surface area contributed by atoms with E-state index >= 15 is 0 Å². The second-order valence-electron chi connectivity index (χ2n) is 5.62. The summed E-state index contributed by atoms with van der Waals surface area (Å²) in [5.41, 5.74) is 2.91. The lowest BCUT2D eigenvalue weighted by atomic mass is 10.2. The highest BCUT2D eigenvalue weighted by Crippen LogP contribution is 2.15. The van der Waals surface area contributed by atoms with Crippen LogP contribution in [0.4, 0.5) is 17.1 Å². The summed E-state index contributed by atoms with van der Waals surface area (Å²) in [6.45, 7) is 1.53. The molecule has 0 spiro atoms. The van der Waals surface area contributed by atoms with Crippen molar-refractivity contribution in [2.24, 2.45) is 5.10 Å². The molecule has 0 aromatic heterocycles. The van der Waals surface area contributed by atoms with Gasteiger partial charge in [0.05, 0.1) is 16.3 Å². The summed E-state index contributed by atoms with van der Waals surface area (Å²) >= 11 is 0. The zero-order valence-electron chi connectivity index (χ0n) is 14.6. The van der Waals surface area contributed by atoms with E-state index in [1.165, 1.54) is 55.5 Å². The number of anilines is 1. The Balaban J connectivity index is 1.88. The van der Waals surface area contributed by atoms with Crippen molar-refractivity contribution in [3.05, 3.63) is 74.3 Å². The van der Waals surface area contributed by atoms with Crippen LogP contribution in [0.15, 0.2) is 53.6 Å². The molecule has 11 heteroatoms. The predicted octanol–water partition coefficient (Wildman–Crippen LogP) is 2.64. The molecule has 2 amide bonds. The number of benzene rings is 2. The molecule has 0 aliphatic heterocycles. The quantitative estimate of drug-likeness (QED) is 0.424. The van der Waals surface area contributed by atoms with Crippen molar-refractivity contribution in [2.45, 2.75) is 13.3 Å². The van der Waals surface area contributed by atoms with Crippen LogP contribution in [0.2, 0.25) is 0 Å². The zero-order chi connectivity index (χ0) is 20.7. The first-order chi connectivity index (χ1) is 13.3. The molecule has 0 aliphatic rings. The Hall–Kier alpha value is -4.15. The Bertz CT molecular complexity index is 938. The van der Waals surface area contributed by atoms with Crippen molar-refractivity contribution in [1.82, 2.24) is 5.43 Å². The van der Waals surface area contributed by atoms with Crippen molar-refractivity contribution < 1.29 is 19.4 Å². The molecule has 0 bridgehead atoms. The van der Waals surface area contributed by atoms with Gasteiger partial charge in [0.15, 0.2) is 0 Å². The molecule has 11 nitrogen and oxygen atoms in total. The maximum absolute atomic E-state index is 12.0. The number of rotatable bonds is 7. The van der Waals surface area contributed by atoms with Crippen LogP contribution in [0, 0.1) is 20.2 Å². The molecule has 0 fully saturated rings. The van der Waals surface area contributed by atoms with E-state index in [0.29, 0.717) is 11.4 Å². The lowest BCUT2D eigenvalue weighted by Gasteiger charge is -2.05. The Labute approximate surface area is 158 Å². The zero-order valence-corrected chi connectivity index (χ0v) is 14.6. The van der Waals surface area contributed by atoms with Crippen LogP contribution >= 0.6 is 0 Å². The van der Waals surface area contributed by atoms with Gasteiger partial charge in [-0.2, -0.15) is 5.10 Å². The summed E-state index contributed by atoms with van der Waals surface area (Å²) in [6, 6.07) is 10.3. The van der Waals surface area contributed by atoms with E-state index < -0.39 is 21.7 Å². The fraction of sp³-hybridized carbons (Fsp3) is 0.118. The smallest absolute Gasteiger partial charge is 0.271 e. The number of hydrazone groups is 1. The van der Waals surface area contributed by atoms with Crippen LogP contribution in [0.25, 0.3) is 0 Å². The van der Waals surface area contributed by atoms with E-state index in [4.69, 9.17) is 0 Å². The minimum atomic E-state index is -0.579. The molecule has 2 rings (SSSR count). The first kappa shape index (κ1) is 20.2. The van der Waals surface area contributed by atoms with Crippen LogP contribution in [0.5, 0.6) is 0 Å². The maximum Gasteiger partial charge on any atom is 0.271 e. The molecule has 28 heavy (non-hydrogen) atoms. The standard InChI is InChI=1S/C17H15N5O6/c1-11(10-16(23)18-13-4-8-15(9-5-13)22(27)28)19-20-17(24)12-2-6-14(7-3-12)21(25)26/h2-9H,10H2,1H3,(H,18,23)(H,20,24). The van der Waals surface area contributed by atoms with Gasteiger partial charge in [-0.25, -0.2) is 5.43 Å². The largest absolute Gasteiger partial charge is 0.326 e. The summed E-state index contributed by atoms with van der Waals surface area (Å²) in [5.74, 6) is -0.996. The van der Waals surface area contributed by atoms with Gasteiger partial charge in [0.2, 0.25) is 5.91 Å². The van der Waals surface area contributed by atoms with Crippen LogP contribution in [0.1, 0.15) is 23.7 Å². The number of nitro groups is 2. The fourth-order valence-electron chi connectivity index (χ4n) is 2.09. The summed E-state index contributed by atoms with van der Waals surface area (Å²) in [7, 11) is 0. The molecule has 0 unspecified atom stereocenters. The molecule has 0 radical (unpaired) electrons. The van der Waals surface area contributed by atoms with Crippen LogP contribution < -0.4 is 10.7 Å². The van der Waals surface area contributed by atoms with Crippen molar-refractivity contribution in [1.29, 1.82) is 0 Å². The number of carbonyl (C=O) groups is 2. The molecule has 2 aromatic carbocycles. The summed E-state index contributed by atoms with van der Waals surface area (Å²) < 4.78 is 0. The Morgan fingerprint density at radius 3 is 1.93 bits per heavy atom. The van der Waals surface area contributed by atoms with E-state index in [9.17, 15) is 29.8 Å². The number of hydrogen-bond acceptors (Lipinski definition) is 7. The van der Waals surface area contributed by atoms with Gasteiger partial charge in [0.1, 0.15) is 0 Å². The number of carbonyl (C=O) groups excluding carboxylic acids is 2. The third-order valence-electron chi connectivity index (χ3n) is 3.47. The Morgan fingerprint density at radius 2 is 1.43 bits per heavy atom. The van der Waals surface area contributed by atoms with Gasteiger partial charge >= 0.3 is 0 Å². The van der Waals surface area contributed by atoms with Crippen LogP contribution in [-0.4, -0.2) is 27.4 Å². The summed E-state index contributed by atoms with van der Waals surface area (Å²) in [5, 5.41) is 27.6. The normalized spacial score (nSPS) is 10.8. The number of amides is 2. The Morgan fingerprint density at radius 1 is 0.929 bits per heavy atom. The molecule has 0 saturated carbocycles. The number of nitro benzene ring substituents is 2. The maximum atomic E-state index is 12.0. The highest BCUT2D eigenvalue weighted by atomic mass is 16.6. The second kappa shape index (κ2) is 8.98. The highest BCUT2D eigenvalue weighted by molar-refractivity contribution is 6.06. The van der Waals surface area contributed by atoms with E-state index in [0.717, 1.165) is 0 Å². The minimum absolute atomic E-state index is 0.0929. The molecule has 0 atom stereocenters. The van der Waals surface area contributed by atoms with Gasteiger partial charge in [0, 0.05) is 41.2 Å².